The highest BCUT2D eigenvalue weighted by Crippen LogP contribution is 2.23. The first-order chi connectivity index (χ1) is 8.56. The molecule has 3 N–H and O–H groups in total. The molecule has 0 aromatic heterocycles. The number of rotatable bonds is 3. The van der Waals surface area contributed by atoms with E-state index in [1.165, 1.54) is 6.07 Å². The number of nitrogens with two attached hydrogens (primary N) is 1. The van der Waals surface area contributed by atoms with Crippen molar-refractivity contribution in [2.45, 2.75) is 6.54 Å². The first kappa shape index (κ1) is 12.6. The average molecular weight is 269 g/mol. The molecule has 2 aromatic rings. The second-order valence-electron chi connectivity index (χ2n) is 3.83. The summed E-state index contributed by atoms with van der Waals surface area (Å²) in [5.74, 6) is -1.73. The lowest BCUT2D eigenvalue weighted by atomic mass is 10.2. The molecule has 0 aliphatic rings. The van der Waals surface area contributed by atoms with Gasteiger partial charge >= 0.3 is 0 Å². The minimum absolute atomic E-state index is 0.335. The van der Waals surface area contributed by atoms with Crippen molar-refractivity contribution in [2.75, 3.05) is 11.1 Å². The van der Waals surface area contributed by atoms with Crippen molar-refractivity contribution < 1.29 is 8.78 Å². The molecule has 0 bridgehead atoms. The maximum atomic E-state index is 13.0. The van der Waals surface area contributed by atoms with Gasteiger partial charge in [-0.2, -0.15) is 0 Å². The van der Waals surface area contributed by atoms with Crippen LogP contribution in [0.2, 0.25) is 5.02 Å². The molecular weight excluding hydrogens is 258 g/mol. The second-order valence-corrected chi connectivity index (χ2v) is 4.27. The molecule has 0 spiro atoms. The lowest BCUT2D eigenvalue weighted by Gasteiger charge is -2.10. The van der Waals surface area contributed by atoms with Gasteiger partial charge in [0.1, 0.15) is 0 Å². The number of benzene rings is 2. The zero-order valence-electron chi connectivity index (χ0n) is 9.38. The van der Waals surface area contributed by atoms with Crippen molar-refractivity contribution >= 4 is 23.0 Å². The topological polar surface area (TPSA) is 38.0 Å². The molecule has 2 aromatic carbocycles. The zero-order chi connectivity index (χ0) is 13.1. The molecular formula is C13H11ClF2N2. The van der Waals surface area contributed by atoms with Crippen LogP contribution in [0.5, 0.6) is 0 Å². The van der Waals surface area contributed by atoms with Crippen molar-refractivity contribution in [3.63, 3.8) is 0 Å². The Kier molecular flexibility index (Phi) is 3.67. The fraction of sp³-hybridized carbons (Fsp3) is 0.0769. The summed E-state index contributed by atoms with van der Waals surface area (Å²) in [5, 5.41) is 3.57. The Morgan fingerprint density at radius 2 is 1.83 bits per heavy atom. The molecule has 5 heteroatoms. The molecule has 0 aliphatic heterocycles. The largest absolute Gasteiger partial charge is 0.397 e. The van der Waals surface area contributed by atoms with Gasteiger partial charge in [0.05, 0.1) is 11.4 Å². The molecule has 0 saturated heterocycles. The number of anilines is 2. The Hall–Kier alpha value is -1.81. The van der Waals surface area contributed by atoms with Crippen molar-refractivity contribution in [3.05, 3.63) is 58.6 Å². The van der Waals surface area contributed by atoms with Gasteiger partial charge in [0.15, 0.2) is 11.6 Å². The van der Waals surface area contributed by atoms with E-state index >= 15 is 0 Å². The first-order valence-corrected chi connectivity index (χ1v) is 5.67. The van der Waals surface area contributed by atoms with Crippen LogP contribution >= 0.6 is 11.6 Å². The third kappa shape index (κ3) is 2.90. The maximum absolute atomic E-state index is 13.0. The van der Waals surface area contributed by atoms with Crippen molar-refractivity contribution in [1.82, 2.24) is 0 Å². The lowest BCUT2D eigenvalue weighted by molar-refractivity contribution is 0.507. The summed E-state index contributed by atoms with van der Waals surface area (Å²) in [6, 6.07) is 8.77. The van der Waals surface area contributed by atoms with Crippen molar-refractivity contribution in [2.24, 2.45) is 0 Å². The summed E-state index contributed by atoms with van der Waals surface area (Å²) in [6.07, 6.45) is 0. The van der Waals surface area contributed by atoms with Crippen LogP contribution in [0.25, 0.3) is 0 Å². The standard InChI is InChI=1S/C13H11ClF2N2/c14-9-2-4-12(17)13(6-9)18-7-8-1-3-10(15)11(16)5-8/h1-6,18H,7,17H2. The lowest BCUT2D eigenvalue weighted by Crippen LogP contribution is -2.03. The Labute approximate surface area is 108 Å². The van der Waals surface area contributed by atoms with Crippen LogP contribution in [0.3, 0.4) is 0 Å². The van der Waals surface area contributed by atoms with Crippen molar-refractivity contribution in [1.29, 1.82) is 0 Å². The van der Waals surface area contributed by atoms with Gasteiger partial charge in [-0.15, -0.1) is 0 Å². The summed E-state index contributed by atoms with van der Waals surface area (Å²) in [4.78, 5) is 0. The van der Waals surface area contributed by atoms with Crippen LogP contribution in [0.4, 0.5) is 20.2 Å². The molecule has 0 radical (unpaired) electrons. The van der Waals surface area contributed by atoms with Gasteiger partial charge < -0.3 is 11.1 Å². The number of nitrogens with one attached hydrogen (secondary N) is 1. The molecule has 0 heterocycles. The smallest absolute Gasteiger partial charge is 0.159 e. The van der Waals surface area contributed by atoms with Gasteiger partial charge in [-0.25, -0.2) is 8.78 Å². The summed E-state index contributed by atoms with van der Waals surface area (Å²) in [5.41, 5.74) is 7.57. The van der Waals surface area contributed by atoms with Crippen LogP contribution in [0, 0.1) is 11.6 Å². The monoisotopic (exact) mass is 268 g/mol. The van der Waals surface area contributed by atoms with E-state index in [1.54, 1.807) is 18.2 Å². The highest BCUT2D eigenvalue weighted by Gasteiger charge is 2.04. The molecule has 0 unspecified atom stereocenters. The van der Waals surface area contributed by atoms with E-state index in [0.29, 0.717) is 28.5 Å². The van der Waals surface area contributed by atoms with Gasteiger partial charge in [-0.1, -0.05) is 17.7 Å². The molecule has 2 rings (SSSR count). The summed E-state index contributed by atoms with van der Waals surface area (Å²) in [6.45, 7) is 0.335. The SMILES string of the molecule is Nc1ccc(Cl)cc1NCc1ccc(F)c(F)c1. The van der Waals surface area contributed by atoms with E-state index in [2.05, 4.69) is 5.32 Å². The Bertz CT molecular complexity index is 573. The highest BCUT2D eigenvalue weighted by atomic mass is 35.5. The molecule has 0 aliphatic carbocycles. The minimum atomic E-state index is -0.867. The third-order valence-electron chi connectivity index (χ3n) is 2.48. The predicted octanol–water partition coefficient (Wildman–Crippen LogP) is 3.81. The van der Waals surface area contributed by atoms with Crippen molar-refractivity contribution in [3.8, 4) is 0 Å². The summed E-state index contributed by atoms with van der Waals surface area (Å²) < 4.78 is 25.7. The Morgan fingerprint density at radius 1 is 1.06 bits per heavy atom. The maximum Gasteiger partial charge on any atom is 0.159 e. The molecule has 18 heavy (non-hydrogen) atoms. The molecule has 0 atom stereocenters. The molecule has 2 nitrogen and oxygen atoms in total. The molecule has 0 amide bonds. The second kappa shape index (κ2) is 5.23. The van der Waals surface area contributed by atoms with Crippen LogP contribution in [0.1, 0.15) is 5.56 Å². The number of hydrogen-bond acceptors (Lipinski definition) is 2. The Balaban J connectivity index is 2.11. The Morgan fingerprint density at radius 3 is 2.56 bits per heavy atom. The van der Waals surface area contributed by atoms with E-state index in [-0.39, 0.29) is 0 Å². The first-order valence-electron chi connectivity index (χ1n) is 5.29. The quantitative estimate of drug-likeness (QED) is 0.831. The van der Waals surface area contributed by atoms with Crippen LogP contribution in [0.15, 0.2) is 36.4 Å². The molecule has 0 fully saturated rings. The van der Waals surface area contributed by atoms with Gasteiger partial charge in [0, 0.05) is 11.6 Å². The number of halogens is 3. The van der Waals surface area contributed by atoms with Gasteiger partial charge in [0.25, 0.3) is 0 Å². The zero-order valence-corrected chi connectivity index (χ0v) is 10.1. The number of nitrogen functional groups attached to an aromatic ring is 1. The highest BCUT2D eigenvalue weighted by molar-refractivity contribution is 6.31. The number of hydrogen-bond donors (Lipinski definition) is 2. The van der Waals surface area contributed by atoms with E-state index in [4.69, 9.17) is 17.3 Å². The van der Waals surface area contributed by atoms with E-state index in [1.807, 2.05) is 0 Å². The average Bonchev–Trinajstić information content (AvgIpc) is 2.34. The fourth-order valence-electron chi connectivity index (χ4n) is 1.53. The van der Waals surface area contributed by atoms with Gasteiger partial charge in [-0.3, -0.25) is 0 Å². The van der Waals surface area contributed by atoms with E-state index in [0.717, 1.165) is 12.1 Å². The summed E-state index contributed by atoms with van der Waals surface area (Å²) in [7, 11) is 0. The normalized spacial score (nSPS) is 10.4. The van der Waals surface area contributed by atoms with E-state index < -0.39 is 11.6 Å². The van der Waals surface area contributed by atoms with Gasteiger partial charge in [0.2, 0.25) is 0 Å². The summed E-state index contributed by atoms with van der Waals surface area (Å²) >= 11 is 5.84. The van der Waals surface area contributed by atoms with Crippen LogP contribution < -0.4 is 11.1 Å². The predicted molar refractivity (Wildman–Crippen MR) is 69.5 cm³/mol. The molecule has 94 valence electrons. The van der Waals surface area contributed by atoms with Crippen LogP contribution in [-0.4, -0.2) is 0 Å². The minimum Gasteiger partial charge on any atom is -0.397 e. The van der Waals surface area contributed by atoms with Crippen LogP contribution in [-0.2, 0) is 6.54 Å². The fourth-order valence-corrected chi connectivity index (χ4v) is 1.70. The molecule has 0 saturated carbocycles. The van der Waals surface area contributed by atoms with Gasteiger partial charge in [-0.05, 0) is 35.9 Å². The third-order valence-corrected chi connectivity index (χ3v) is 2.72. The van der Waals surface area contributed by atoms with E-state index in [9.17, 15) is 8.78 Å².